The Balaban J connectivity index is 1.93. The van der Waals surface area contributed by atoms with Crippen LogP contribution in [0.25, 0.3) is 10.6 Å². The third-order valence-electron chi connectivity index (χ3n) is 3.03. The maximum Gasteiger partial charge on any atom is 0.335 e. The fraction of sp³-hybridized carbons (Fsp3) is 0.375. The van der Waals surface area contributed by atoms with E-state index < -0.39 is 5.97 Å². The van der Waals surface area contributed by atoms with Crippen LogP contribution in [0.15, 0.2) is 24.3 Å². The Kier molecular flexibility index (Phi) is 6.52. The van der Waals surface area contributed by atoms with Gasteiger partial charge in [0.05, 0.1) is 30.3 Å². The van der Waals surface area contributed by atoms with Crippen molar-refractivity contribution >= 4 is 17.3 Å². The maximum absolute atomic E-state index is 10.9. The normalized spacial score (nSPS) is 10.7. The molecular weight excluding hydrogens is 318 g/mol. The molecule has 0 aliphatic heterocycles. The van der Waals surface area contributed by atoms with Crippen molar-refractivity contribution < 1.29 is 24.1 Å². The number of rotatable bonds is 9. The van der Waals surface area contributed by atoms with E-state index in [9.17, 15) is 4.79 Å². The molecule has 2 aromatic rings. The highest BCUT2D eigenvalue weighted by Crippen LogP contribution is 2.31. The van der Waals surface area contributed by atoms with Crippen molar-refractivity contribution in [1.82, 2.24) is 4.98 Å². The van der Waals surface area contributed by atoms with Gasteiger partial charge in [-0.05, 0) is 19.1 Å². The van der Waals surface area contributed by atoms with Crippen molar-refractivity contribution in [2.75, 3.05) is 33.5 Å². The molecule has 1 N–H and O–H groups in total. The summed E-state index contributed by atoms with van der Waals surface area (Å²) in [6.07, 6.45) is 0. The molecule has 1 aromatic heterocycles. The second kappa shape index (κ2) is 8.61. The number of aromatic carboxylic acids is 1. The van der Waals surface area contributed by atoms with Gasteiger partial charge in [-0.15, -0.1) is 11.3 Å². The van der Waals surface area contributed by atoms with Gasteiger partial charge in [0.25, 0.3) is 0 Å². The first-order valence-corrected chi connectivity index (χ1v) is 7.94. The van der Waals surface area contributed by atoms with Crippen LogP contribution >= 0.6 is 11.3 Å². The highest BCUT2D eigenvalue weighted by atomic mass is 32.1. The lowest BCUT2D eigenvalue weighted by Crippen LogP contribution is -2.10. The van der Waals surface area contributed by atoms with E-state index in [4.69, 9.17) is 19.3 Å². The number of hydrogen-bond acceptors (Lipinski definition) is 6. The van der Waals surface area contributed by atoms with E-state index in [1.165, 1.54) is 11.3 Å². The Bertz CT molecular complexity index is 638. The van der Waals surface area contributed by atoms with Crippen molar-refractivity contribution in [1.29, 1.82) is 0 Å². The minimum Gasteiger partial charge on any atom is -0.478 e. The Morgan fingerprint density at radius 1 is 1.17 bits per heavy atom. The SMILES string of the molecule is COCCOCCOc1nc(-c2ccc(C(=O)O)cc2)sc1C. The van der Waals surface area contributed by atoms with E-state index >= 15 is 0 Å². The summed E-state index contributed by atoms with van der Waals surface area (Å²) >= 11 is 1.51. The van der Waals surface area contributed by atoms with Gasteiger partial charge in [0.15, 0.2) is 0 Å². The van der Waals surface area contributed by atoms with Gasteiger partial charge < -0.3 is 19.3 Å². The highest BCUT2D eigenvalue weighted by molar-refractivity contribution is 7.15. The summed E-state index contributed by atoms with van der Waals surface area (Å²) in [6, 6.07) is 6.63. The number of benzene rings is 1. The Morgan fingerprint density at radius 2 is 1.87 bits per heavy atom. The number of ether oxygens (including phenoxy) is 3. The predicted molar refractivity (Wildman–Crippen MR) is 87.4 cm³/mol. The largest absolute Gasteiger partial charge is 0.478 e. The number of carbonyl (C=O) groups is 1. The van der Waals surface area contributed by atoms with E-state index in [1.807, 2.05) is 6.92 Å². The first-order valence-electron chi connectivity index (χ1n) is 7.12. The average Bonchev–Trinajstić information content (AvgIpc) is 2.92. The Morgan fingerprint density at radius 3 is 2.52 bits per heavy atom. The number of aryl methyl sites for hydroxylation is 1. The molecule has 1 heterocycles. The molecule has 0 radical (unpaired) electrons. The van der Waals surface area contributed by atoms with E-state index in [0.29, 0.717) is 32.3 Å². The number of methoxy groups -OCH3 is 1. The second-order valence-electron chi connectivity index (χ2n) is 4.72. The lowest BCUT2D eigenvalue weighted by molar-refractivity contribution is 0.0537. The number of thiazole rings is 1. The molecule has 0 spiro atoms. The van der Waals surface area contributed by atoms with Crippen LogP contribution in [-0.2, 0) is 9.47 Å². The van der Waals surface area contributed by atoms with E-state index in [2.05, 4.69) is 4.98 Å². The van der Waals surface area contributed by atoms with Crippen molar-refractivity contribution in [3.05, 3.63) is 34.7 Å². The van der Waals surface area contributed by atoms with Crippen LogP contribution in [0, 0.1) is 6.92 Å². The van der Waals surface area contributed by atoms with Crippen LogP contribution in [-0.4, -0.2) is 49.6 Å². The first-order chi connectivity index (χ1) is 11.1. The topological polar surface area (TPSA) is 77.9 Å². The standard InChI is InChI=1S/C16H19NO5S/c1-11-14(22-10-9-21-8-7-20-2)17-15(23-11)12-3-5-13(6-4-12)16(18)19/h3-6H,7-10H2,1-2H3,(H,18,19). The molecule has 0 saturated heterocycles. The van der Waals surface area contributed by atoms with Crippen molar-refractivity contribution in [3.63, 3.8) is 0 Å². The van der Waals surface area contributed by atoms with Gasteiger partial charge in [-0.25, -0.2) is 9.78 Å². The van der Waals surface area contributed by atoms with E-state index in [-0.39, 0.29) is 5.56 Å². The molecule has 0 aliphatic rings. The van der Waals surface area contributed by atoms with Crippen LogP contribution in [0.1, 0.15) is 15.2 Å². The molecule has 6 nitrogen and oxygen atoms in total. The van der Waals surface area contributed by atoms with Gasteiger partial charge in [-0.3, -0.25) is 0 Å². The molecule has 1 aromatic carbocycles. The van der Waals surface area contributed by atoms with Gasteiger partial charge >= 0.3 is 5.97 Å². The number of carboxylic acid groups (broad SMARTS) is 1. The van der Waals surface area contributed by atoms with Crippen molar-refractivity contribution in [3.8, 4) is 16.5 Å². The number of aromatic nitrogens is 1. The first kappa shape index (κ1) is 17.4. The Hall–Kier alpha value is -1.96. The molecule has 124 valence electrons. The molecule has 0 aliphatic carbocycles. The summed E-state index contributed by atoms with van der Waals surface area (Å²) in [7, 11) is 1.63. The monoisotopic (exact) mass is 337 g/mol. The smallest absolute Gasteiger partial charge is 0.335 e. The lowest BCUT2D eigenvalue weighted by atomic mass is 10.1. The summed E-state index contributed by atoms with van der Waals surface area (Å²) in [4.78, 5) is 16.3. The number of carboxylic acids is 1. The van der Waals surface area contributed by atoms with Crippen LogP contribution in [0.2, 0.25) is 0 Å². The van der Waals surface area contributed by atoms with Crippen LogP contribution < -0.4 is 4.74 Å². The molecule has 0 bridgehead atoms. The maximum atomic E-state index is 10.9. The summed E-state index contributed by atoms with van der Waals surface area (Å²) < 4.78 is 15.8. The molecule has 23 heavy (non-hydrogen) atoms. The number of hydrogen-bond donors (Lipinski definition) is 1. The van der Waals surface area contributed by atoms with Gasteiger partial charge in [-0.2, -0.15) is 0 Å². The fourth-order valence-electron chi connectivity index (χ4n) is 1.84. The summed E-state index contributed by atoms with van der Waals surface area (Å²) in [5.41, 5.74) is 1.13. The molecule has 0 saturated carbocycles. The molecule has 2 rings (SSSR count). The summed E-state index contributed by atoms with van der Waals surface area (Å²) in [5, 5.41) is 9.72. The van der Waals surface area contributed by atoms with Gasteiger partial charge in [0.1, 0.15) is 11.6 Å². The van der Waals surface area contributed by atoms with E-state index in [0.717, 1.165) is 15.4 Å². The van der Waals surface area contributed by atoms with Gasteiger partial charge in [0, 0.05) is 12.7 Å². The zero-order chi connectivity index (χ0) is 16.7. The fourth-order valence-corrected chi connectivity index (χ4v) is 2.70. The number of nitrogens with zero attached hydrogens (tertiary/aromatic N) is 1. The average molecular weight is 337 g/mol. The third kappa shape index (κ3) is 5.02. The summed E-state index contributed by atoms with van der Waals surface area (Å²) in [5.74, 6) is -0.355. The molecular formula is C16H19NO5S. The third-order valence-corrected chi connectivity index (χ3v) is 4.03. The predicted octanol–water partition coefficient (Wildman–Crippen LogP) is 2.86. The molecule has 0 fully saturated rings. The summed E-state index contributed by atoms with van der Waals surface area (Å²) in [6.45, 7) is 3.94. The van der Waals surface area contributed by atoms with Crippen molar-refractivity contribution in [2.45, 2.75) is 6.92 Å². The zero-order valence-electron chi connectivity index (χ0n) is 13.1. The van der Waals surface area contributed by atoms with Crippen LogP contribution in [0.3, 0.4) is 0 Å². The molecule has 0 amide bonds. The molecule has 0 atom stereocenters. The van der Waals surface area contributed by atoms with Crippen LogP contribution in [0.4, 0.5) is 0 Å². The van der Waals surface area contributed by atoms with Crippen molar-refractivity contribution in [2.24, 2.45) is 0 Å². The molecule has 0 unspecified atom stereocenters. The molecule has 7 heteroatoms. The quantitative estimate of drug-likeness (QED) is 0.709. The lowest BCUT2D eigenvalue weighted by Gasteiger charge is -2.05. The zero-order valence-corrected chi connectivity index (χ0v) is 13.9. The highest BCUT2D eigenvalue weighted by Gasteiger charge is 2.11. The van der Waals surface area contributed by atoms with Crippen LogP contribution in [0.5, 0.6) is 5.88 Å². The van der Waals surface area contributed by atoms with E-state index in [1.54, 1.807) is 31.4 Å². The van der Waals surface area contributed by atoms with Gasteiger partial charge in [0.2, 0.25) is 5.88 Å². The second-order valence-corrected chi connectivity index (χ2v) is 5.92. The minimum atomic E-state index is -0.940. The van der Waals surface area contributed by atoms with Gasteiger partial charge in [-0.1, -0.05) is 12.1 Å². The minimum absolute atomic E-state index is 0.256. The Labute approximate surface area is 138 Å².